The zero-order valence-electron chi connectivity index (χ0n) is 8.31. The minimum atomic E-state index is 0.109. The van der Waals surface area contributed by atoms with Gasteiger partial charge in [0.15, 0.2) is 5.78 Å². The summed E-state index contributed by atoms with van der Waals surface area (Å²) in [4.78, 5) is 22.4. The van der Waals surface area contributed by atoms with Crippen molar-refractivity contribution in [3.63, 3.8) is 0 Å². The molecule has 0 N–H and O–H groups in total. The molecule has 2 rings (SSSR count). The first-order valence-electron chi connectivity index (χ1n) is 4.81. The number of ketones is 1. The van der Waals surface area contributed by atoms with Crippen molar-refractivity contribution < 1.29 is 9.59 Å². The maximum absolute atomic E-state index is 11.7. The van der Waals surface area contributed by atoms with Gasteiger partial charge in [0.25, 0.3) is 0 Å². The van der Waals surface area contributed by atoms with Crippen molar-refractivity contribution >= 4 is 45.4 Å². The van der Waals surface area contributed by atoms with Gasteiger partial charge in [-0.2, -0.15) is 0 Å². The third-order valence-corrected chi connectivity index (χ3v) is 5.02. The molecule has 84 valence electrons. The molecule has 5 heteroatoms. The molecular weight excluding hydrogens is 264 g/mol. The van der Waals surface area contributed by atoms with Gasteiger partial charge in [-0.3, -0.25) is 9.59 Å². The molecule has 1 aromatic carbocycles. The Morgan fingerprint density at radius 3 is 2.44 bits per heavy atom. The Morgan fingerprint density at radius 2 is 1.88 bits per heavy atom. The number of benzene rings is 1. The van der Waals surface area contributed by atoms with Gasteiger partial charge in [0, 0.05) is 17.0 Å². The highest BCUT2D eigenvalue weighted by Gasteiger charge is 2.28. The maximum Gasteiger partial charge on any atom is 0.248 e. The van der Waals surface area contributed by atoms with E-state index < -0.39 is 0 Å². The highest BCUT2D eigenvalue weighted by molar-refractivity contribution is 8.53. The molecule has 0 aliphatic carbocycles. The average molecular weight is 273 g/mol. The average Bonchev–Trinajstić information content (AvgIpc) is 2.23. The second-order valence-corrected chi connectivity index (χ2v) is 6.73. The molecule has 2 nitrogen and oxygen atoms in total. The highest BCUT2D eigenvalue weighted by atomic mass is 35.5. The van der Waals surface area contributed by atoms with Crippen molar-refractivity contribution in [2.45, 2.75) is 17.4 Å². The molecule has 1 fully saturated rings. The molecule has 16 heavy (non-hydrogen) atoms. The minimum absolute atomic E-state index is 0.109. The van der Waals surface area contributed by atoms with E-state index in [1.54, 1.807) is 24.3 Å². The quantitative estimate of drug-likeness (QED) is 0.768. The molecule has 0 unspecified atom stereocenters. The highest BCUT2D eigenvalue weighted by Crippen LogP contribution is 2.44. The Bertz CT molecular complexity index is 408. The molecule has 1 aliphatic rings. The standard InChI is InChI=1S/C11H9ClO2S2/c12-8-3-1-7(2-4-8)9(13)5-6-10-15-11(14)16-10/h1-4,10H,5-6H2. The molecule has 0 radical (unpaired) electrons. The van der Waals surface area contributed by atoms with E-state index in [1.807, 2.05) is 0 Å². The number of hydrogen-bond acceptors (Lipinski definition) is 4. The fraction of sp³-hybridized carbons (Fsp3) is 0.273. The second-order valence-electron chi connectivity index (χ2n) is 3.38. The van der Waals surface area contributed by atoms with Crippen molar-refractivity contribution in [2.24, 2.45) is 0 Å². The molecule has 1 saturated heterocycles. The van der Waals surface area contributed by atoms with Crippen LogP contribution in [0, 0.1) is 0 Å². The van der Waals surface area contributed by atoms with E-state index in [0.29, 0.717) is 17.0 Å². The van der Waals surface area contributed by atoms with Crippen molar-refractivity contribution in [3.05, 3.63) is 34.9 Å². The third kappa shape index (κ3) is 3.03. The van der Waals surface area contributed by atoms with E-state index >= 15 is 0 Å². The van der Waals surface area contributed by atoms with Crippen molar-refractivity contribution in [1.82, 2.24) is 0 Å². The van der Waals surface area contributed by atoms with Gasteiger partial charge in [-0.05, 0) is 30.7 Å². The summed E-state index contributed by atoms with van der Waals surface area (Å²) < 4.78 is 0.424. The van der Waals surface area contributed by atoms with Crippen LogP contribution in [0.4, 0.5) is 4.79 Å². The van der Waals surface area contributed by atoms with Crippen molar-refractivity contribution in [2.75, 3.05) is 0 Å². The monoisotopic (exact) mass is 272 g/mol. The minimum Gasteiger partial charge on any atom is -0.294 e. The summed E-state index contributed by atoms with van der Waals surface area (Å²) in [6, 6.07) is 6.89. The zero-order chi connectivity index (χ0) is 11.5. The molecular formula is C11H9ClO2S2. The van der Waals surface area contributed by atoms with Crippen molar-refractivity contribution in [3.8, 4) is 0 Å². The number of carbonyl (C=O) groups is 2. The van der Waals surface area contributed by atoms with Crippen LogP contribution in [0.25, 0.3) is 0 Å². The number of Topliss-reactive ketones (excluding diaryl/α,β-unsaturated/α-hetero) is 1. The lowest BCUT2D eigenvalue weighted by Gasteiger charge is -2.21. The fourth-order valence-electron chi connectivity index (χ4n) is 1.37. The summed E-state index contributed by atoms with van der Waals surface area (Å²) in [5.41, 5.74) is 0.685. The molecule has 0 saturated carbocycles. The van der Waals surface area contributed by atoms with Crippen LogP contribution < -0.4 is 0 Å². The number of halogens is 1. The molecule has 1 aromatic rings. The lowest BCUT2D eigenvalue weighted by Crippen LogP contribution is -2.13. The molecule has 1 heterocycles. The zero-order valence-corrected chi connectivity index (χ0v) is 10.7. The van der Waals surface area contributed by atoms with Gasteiger partial charge in [-0.15, -0.1) is 0 Å². The predicted octanol–water partition coefficient (Wildman–Crippen LogP) is 4.23. The van der Waals surface area contributed by atoms with Crippen LogP contribution >= 0.6 is 35.1 Å². The van der Waals surface area contributed by atoms with Crippen LogP contribution in [0.2, 0.25) is 5.02 Å². The van der Waals surface area contributed by atoms with Crippen LogP contribution in [0.5, 0.6) is 0 Å². The molecule has 0 aromatic heterocycles. The molecule has 0 bridgehead atoms. The third-order valence-electron chi connectivity index (χ3n) is 2.23. The molecule has 0 amide bonds. The van der Waals surface area contributed by atoms with Gasteiger partial charge in [0.1, 0.15) is 0 Å². The Labute approximate surface area is 107 Å². The first-order chi connectivity index (χ1) is 7.65. The molecule has 0 atom stereocenters. The van der Waals surface area contributed by atoms with Crippen LogP contribution in [0.1, 0.15) is 23.2 Å². The SMILES string of the molecule is O=C1SC(CCC(=O)c2ccc(Cl)cc2)S1. The predicted molar refractivity (Wildman–Crippen MR) is 69.4 cm³/mol. The largest absolute Gasteiger partial charge is 0.294 e. The van der Waals surface area contributed by atoms with Gasteiger partial charge < -0.3 is 0 Å². The number of thioether (sulfide) groups is 2. The van der Waals surface area contributed by atoms with Crippen LogP contribution in [0.15, 0.2) is 24.3 Å². The van der Waals surface area contributed by atoms with Gasteiger partial charge in [-0.1, -0.05) is 35.1 Å². The summed E-state index contributed by atoms with van der Waals surface area (Å²) in [5.74, 6) is 0.109. The van der Waals surface area contributed by atoms with E-state index in [-0.39, 0.29) is 14.8 Å². The summed E-state index contributed by atoms with van der Waals surface area (Å²) in [5, 5.41) is 0.632. The van der Waals surface area contributed by atoms with E-state index in [1.165, 1.54) is 23.5 Å². The summed E-state index contributed by atoms with van der Waals surface area (Å²) in [6.45, 7) is 0. The first kappa shape index (κ1) is 12.0. The Kier molecular flexibility index (Phi) is 3.95. The normalized spacial score (nSPS) is 15.9. The first-order valence-corrected chi connectivity index (χ1v) is 6.95. The van der Waals surface area contributed by atoms with E-state index in [9.17, 15) is 9.59 Å². The van der Waals surface area contributed by atoms with Crippen LogP contribution in [-0.2, 0) is 0 Å². The number of carbonyl (C=O) groups excluding carboxylic acids is 2. The summed E-state index contributed by atoms with van der Waals surface area (Å²) >= 11 is 8.37. The molecule has 1 aliphatic heterocycles. The van der Waals surface area contributed by atoms with E-state index in [2.05, 4.69) is 0 Å². The maximum atomic E-state index is 11.7. The lowest BCUT2D eigenvalue weighted by atomic mass is 10.1. The van der Waals surface area contributed by atoms with Gasteiger partial charge in [0.05, 0.1) is 4.58 Å². The summed E-state index contributed by atoms with van der Waals surface area (Å²) in [6.07, 6.45) is 1.24. The second kappa shape index (κ2) is 5.25. The smallest absolute Gasteiger partial charge is 0.248 e. The number of hydrogen-bond donors (Lipinski definition) is 0. The topological polar surface area (TPSA) is 34.1 Å². The van der Waals surface area contributed by atoms with E-state index in [0.717, 1.165) is 6.42 Å². The van der Waals surface area contributed by atoms with E-state index in [4.69, 9.17) is 11.6 Å². The van der Waals surface area contributed by atoms with Gasteiger partial charge >= 0.3 is 0 Å². The molecule has 0 spiro atoms. The number of rotatable bonds is 4. The van der Waals surface area contributed by atoms with Crippen LogP contribution in [0.3, 0.4) is 0 Å². The lowest BCUT2D eigenvalue weighted by molar-refractivity contribution is 0.0981. The van der Waals surface area contributed by atoms with Gasteiger partial charge in [0.2, 0.25) is 4.45 Å². The Morgan fingerprint density at radius 1 is 1.25 bits per heavy atom. The fourth-order valence-corrected chi connectivity index (χ4v) is 3.35. The van der Waals surface area contributed by atoms with Crippen molar-refractivity contribution in [1.29, 1.82) is 0 Å². The van der Waals surface area contributed by atoms with Gasteiger partial charge in [-0.25, -0.2) is 0 Å². The Balaban J connectivity index is 1.83. The Hall–Kier alpha value is -0.450. The van der Waals surface area contributed by atoms with Crippen LogP contribution in [-0.4, -0.2) is 14.8 Å². The summed E-state index contributed by atoms with van der Waals surface area (Å²) in [7, 11) is 0.